The molecule has 1 aromatic rings. The number of rotatable bonds is 2. The van der Waals surface area contributed by atoms with Crippen LogP contribution in [0, 0.1) is 5.92 Å². The van der Waals surface area contributed by atoms with Crippen LogP contribution >= 0.6 is 0 Å². The van der Waals surface area contributed by atoms with Crippen LogP contribution in [0.25, 0.3) is 0 Å². The second kappa shape index (κ2) is 5.38. The molecule has 0 amide bonds. The largest absolute Gasteiger partial charge is 0.399 e. The summed E-state index contributed by atoms with van der Waals surface area (Å²) in [6, 6.07) is 4.09. The van der Waals surface area contributed by atoms with E-state index in [0.717, 1.165) is 0 Å². The van der Waals surface area contributed by atoms with Gasteiger partial charge in [0.1, 0.15) is 0 Å². The molecule has 1 aliphatic heterocycles. The van der Waals surface area contributed by atoms with Crippen LogP contribution < -0.4 is 15.8 Å². The molecule has 0 spiro atoms. The van der Waals surface area contributed by atoms with E-state index in [1.807, 2.05) is 0 Å². The lowest BCUT2D eigenvalue weighted by Crippen LogP contribution is -2.39. The van der Waals surface area contributed by atoms with Crippen molar-refractivity contribution in [2.24, 2.45) is 11.1 Å². The Morgan fingerprint density at radius 2 is 1.71 bits per heavy atom. The predicted molar refractivity (Wildman–Crippen MR) is 73.2 cm³/mol. The van der Waals surface area contributed by atoms with E-state index in [2.05, 4.69) is 0 Å². The molecule has 0 radical (unpaired) electrons. The van der Waals surface area contributed by atoms with Crippen LogP contribution in [0.15, 0.2) is 23.1 Å². The fourth-order valence-corrected chi connectivity index (χ4v) is 3.00. The van der Waals surface area contributed by atoms with Gasteiger partial charge in [-0.2, -0.15) is 13.2 Å². The zero-order valence-electron chi connectivity index (χ0n) is 11.1. The van der Waals surface area contributed by atoms with Gasteiger partial charge in [0.15, 0.2) is 0 Å². The Balaban J connectivity index is 2.19. The van der Waals surface area contributed by atoms with E-state index >= 15 is 0 Å². The fourth-order valence-electron chi connectivity index (χ4n) is 2.42. The van der Waals surface area contributed by atoms with Crippen molar-refractivity contribution >= 4 is 21.4 Å². The summed E-state index contributed by atoms with van der Waals surface area (Å²) in [5, 5.41) is 5.05. The highest BCUT2D eigenvalue weighted by Gasteiger charge is 2.41. The minimum absolute atomic E-state index is 0.0248. The maximum atomic E-state index is 12.6. The number of hydrogen-bond donors (Lipinski definition) is 2. The van der Waals surface area contributed by atoms with Gasteiger partial charge in [-0.1, -0.05) is 0 Å². The molecule has 0 atom stereocenters. The van der Waals surface area contributed by atoms with Gasteiger partial charge in [-0.3, -0.25) is 0 Å². The summed E-state index contributed by atoms with van der Waals surface area (Å²) in [5.74, 6) is -1.31. The first-order valence-corrected chi connectivity index (χ1v) is 7.87. The zero-order chi connectivity index (χ0) is 15.8. The van der Waals surface area contributed by atoms with E-state index in [0.29, 0.717) is 5.69 Å². The summed E-state index contributed by atoms with van der Waals surface area (Å²) in [5.41, 5.74) is 6.31. The van der Waals surface area contributed by atoms with Crippen LogP contribution in [0.5, 0.6) is 0 Å². The Labute approximate surface area is 120 Å². The number of halogens is 3. The molecule has 0 unspecified atom stereocenters. The Morgan fingerprint density at radius 3 is 2.19 bits per heavy atom. The standard InChI is InChI=1S/C12H16F3N3O2S/c13-12(14,15)8-1-3-18(4-2-8)10-5-9(16)6-11(7-10)21(17,19)20/h5-8H,1-4,16H2,(H2,17,19,20). The Morgan fingerprint density at radius 1 is 1.14 bits per heavy atom. The minimum atomic E-state index is -4.19. The average molecular weight is 323 g/mol. The number of nitrogens with two attached hydrogens (primary N) is 2. The van der Waals surface area contributed by atoms with Crippen LogP contribution in [0.1, 0.15) is 12.8 Å². The number of sulfonamides is 1. The van der Waals surface area contributed by atoms with Crippen molar-refractivity contribution < 1.29 is 21.6 Å². The Hall–Kier alpha value is -1.48. The van der Waals surface area contributed by atoms with Crippen LogP contribution in [0.3, 0.4) is 0 Å². The van der Waals surface area contributed by atoms with E-state index in [-0.39, 0.29) is 36.5 Å². The van der Waals surface area contributed by atoms with Gasteiger partial charge >= 0.3 is 6.18 Å². The van der Waals surface area contributed by atoms with Gasteiger partial charge < -0.3 is 10.6 Å². The highest BCUT2D eigenvalue weighted by Crippen LogP contribution is 2.36. The molecule has 0 aliphatic carbocycles. The molecule has 0 aromatic heterocycles. The van der Waals surface area contributed by atoms with Crippen LogP contribution in [0.4, 0.5) is 24.5 Å². The van der Waals surface area contributed by atoms with Crippen LogP contribution in [-0.2, 0) is 10.0 Å². The van der Waals surface area contributed by atoms with Crippen molar-refractivity contribution in [3.05, 3.63) is 18.2 Å². The fraction of sp³-hybridized carbons (Fsp3) is 0.500. The molecular weight excluding hydrogens is 307 g/mol. The molecule has 9 heteroatoms. The number of alkyl halides is 3. The van der Waals surface area contributed by atoms with Crippen molar-refractivity contribution in [3.63, 3.8) is 0 Å². The molecule has 2 rings (SSSR count). The molecule has 1 aromatic carbocycles. The minimum Gasteiger partial charge on any atom is -0.399 e. The number of piperidine rings is 1. The molecule has 0 saturated carbocycles. The van der Waals surface area contributed by atoms with Crippen molar-refractivity contribution in [2.75, 3.05) is 23.7 Å². The second-order valence-electron chi connectivity index (χ2n) is 5.11. The molecule has 1 aliphatic rings. The number of primary sulfonamides is 1. The summed E-state index contributed by atoms with van der Waals surface area (Å²) in [4.78, 5) is 1.54. The molecule has 0 bridgehead atoms. The van der Waals surface area contributed by atoms with Gasteiger partial charge in [0.2, 0.25) is 10.0 Å². The molecular formula is C12H16F3N3O2S. The highest BCUT2D eigenvalue weighted by atomic mass is 32.2. The predicted octanol–water partition coefficient (Wildman–Crippen LogP) is 1.69. The first-order chi connectivity index (χ1) is 9.57. The maximum absolute atomic E-state index is 12.6. The van der Waals surface area contributed by atoms with E-state index in [9.17, 15) is 21.6 Å². The van der Waals surface area contributed by atoms with Gasteiger partial charge in [-0.25, -0.2) is 13.6 Å². The lowest BCUT2D eigenvalue weighted by atomic mass is 9.96. The first kappa shape index (κ1) is 15.9. The smallest absolute Gasteiger partial charge is 0.391 e. The summed E-state index contributed by atoms with van der Waals surface area (Å²) in [7, 11) is -3.91. The van der Waals surface area contributed by atoms with E-state index < -0.39 is 22.1 Å². The molecule has 21 heavy (non-hydrogen) atoms. The van der Waals surface area contributed by atoms with Crippen molar-refractivity contribution in [1.82, 2.24) is 0 Å². The van der Waals surface area contributed by atoms with Gasteiger partial charge in [0.25, 0.3) is 0 Å². The number of nitrogens with zero attached hydrogens (tertiary/aromatic N) is 1. The summed E-state index contributed by atoms with van der Waals surface area (Å²) >= 11 is 0. The quantitative estimate of drug-likeness (QED) is 0.811. The van der Waals surface area contributed by atoms with Crippen LogP contribution in [0.2, 0.25) is 0 Å². The molecule has 1 saturated heterocycles. The number of anilines is 2. The van der Waals surface area contributed by atoms with Gasteiger partial charge in [0.05, 0.1) is 10.8 Å². The number of hydrogen-bond acceptors (Lipinski definition) is 4. The monoisotopic (exact) mass is 323 g/mol. The van der Waals surface area contributed by atoms with E-state index in [1.54, 1.807) is 4.90 Å². The third-order valence-electron chi connectivity index (χ3n) is 3.57. The second-order valence-corrected chi connectivity index (χ2v) is 6.67. The summed E-state index contributed by atoms with van der Waals surface area (Å²) in [6.07, 6.45) is -4.24. The third-order valence-corrected chi connectivity index (χ3v) is 4.46. The van der Waals surface area contributed by atoms with E-state index in [1.165, 1.54) is 18.2 Å². The molecule has 1 fully saturated rings. The summed E-state index contributed by atoms with van der Waals surface area (Å²) in [6.45, 7) is 0.384. The number of nitrogen functional groups attached to an aromatic ring is 1. The lowest BCUT2D eigenvalue weighted by molar-refractivity contribution is -0.179. The first-order valence-electron chi connectivity index (χ1n) is 6.32. The molecule has 5 nitrogen and oxygen atoms in total. The zero-order valence-corrected chi connectivity index (χ0v) is 11.9. The number of benzene rings is 1. The maximum Gasteiger partial charge on any atom is 0.391 e. The highest BCUT2D eigenvalue weighted by molar-refractivity contribution is 7.89. The van der Waals surface area contributed by atoms with Crippen molar-refractivity contribution in [3.8, 4) is 0 Å². The van der Waals surface area contributed by atoms with Crippen LogP contribution in [-0.4, -0.2) is 27.7 Å². The third kappa shape index (κ3) is 3.79. The van der Waals surface area contributed by atoms with Gasteiger partial charge in [-0.05, 0) is 31.0 Å². The Bertz CT molecular complexity index is 623. The molecule has 118 valence electrons. The van der Waals surface area contributed by atoms with Gasteiger partial charge in [0, 0.05) is 24.5 Å². The van der Waals surface area contributed by atoms with E-state index in [4.69, 9.17) is 10.9 Å². The normalized spacial score (nSPS) is 18.0. The van der Waals surface area contributed by atoms with Crippen molar-refractivity contribution in [2.45, 2.75) is 23.9 Å². The molecule has 4 N–H and O–H groups in total. The van der Waals surface area contributed by atoms with Gasteiger partial charge in [-0.15, -0.1) is 0 Å². The average Bonchev–Trinajstić information content (AvgIpc) is 2.36. The lowest BCUT2D eigenvalue weighted by Gasteiger charge is -2.34. The Kier molecular flexibility index (Phi) is 4.07. The van der Waals surface area contributed by atoms with Crippen molar-refractivity contribution in [1.29, 1.82) is 0 Å². The SMILES string of the molecule is Nc1cc(N2CCC(C(F)(F)F)CC2)cc(S(N)(=O)=O)c1. The molecule has 1 heterocycles. The summed E-state index contributed by atoms with van der Waals surface area (Å²) < 4.78 is 60.6. The topological polar surface area (TPSA) is 89.4 Å².